The van der Waals surface area contributed by atoms with Gasteiger partial charge >= 0.3 is 0 Å². The summed E-state index contributed by atoms with van der Waals surface area (Å²) < 4.78 is 7.48. The molecule has 1 aliphatic heterocycles. The highest BCUT2D eigenvalue weighted by Gasteiger charge is 2.21. The van der Waals surface area contributed by atoms with Crippen LogP contribution in [0.25, 0.3) is 21.7 Å². The quantitative estimate of drug-likeness (QED) is 0.670. The molecule has 8 heteroatoms. The molecular formula is C18H22ClN5OS. The van der Waals surface area contributed by atoms with E-state index in [4.69, 9.17) is 21.3 Å². The largest absolute Gasteiger partial charge is 0.378 e. The monoisotopic (exact) mass is 391 g/mol. The molecule has 0 aliphatic carbocycles. The van der Waals surface area contributed by atoms with Gasteiger partial charge in [0.05, 0.1) is 13.2 Å². The average molecular weight is 392 g/mol. The summed E-state index contributed by atoms with van der Waals surface area (Å²) >= 11 is 7.97. The van der Waals surface area contributed by atoms with E-state index in [0.29, 0.717) is 16.9 Å². The number of morpholine rings is 1. The van der Waals surface area contributed by atoms with Gasteiger partial charge in [0.1, 0.15) is 10.5 Å². The van der Waals surface area contributed by atoms with Gasteiger partial charge in [-0.05, 0) is 17.9 Å². The van der Waals surface area contributed by atoms with Gasteiger partial charge in [-0.3, -0.25) is 0 Å². The Balaban J connectivity index is 1.73. The van der Waals surface area contributed by atoms with Crippen molar-refractivity contribution in [3.05, 3.63) is 23.1 Å². The SMILES string of the molecule is CCC(C)c1cn(C)c2nc(-c3sc(N4CCOCC4)nc3Cl)ncc12. The minimum absolute atomic E-state index is 0.465. The molecule has 0 radical (unpaired) electrons. The fraction of sp³-hybridized carbons (Fsp3) is 0.500. The van der Waals surface area contributed by atoms with Crippen LogP contribution < -0.4 is 4.90 Å². The van der Waals surface area contributed by atoms with Crippen LogP contribution in [-0.4, -0.2) is 45.8 Å². The predicted octanol–water partition coefficient (Wildman–Crippen LogP) is 4.10. The molecule has 3 aromatic rings. The number of rotatable bonds is 4. The number of aromatic nitrogens is 4. The number of thiazole rings is 1. The summed E-state index contributed by atoms with van der Waals surface area (Å²) in [5, 5.41) is 2.48. The van der Waals surface area contributed by atoms with Crippen molar-refractivity contribution in [3.8, 4) is 10.7 Å². The Morgan fingerprint density at radius 3 is 2.81 bits per heavy atom. The third-order valence-corrected chi connectivity index (χ3v) is 6.45. The standard InChI is InChI=1S/C18H22ClN5OS/c1-4-11(2)13-10-23(3)17-12(13)9-20-16(22-17)14-15(19)21-18(26-14)24-5-7-25-8-6-24/h9-11H,4-8H2,1-3H3. The molecule has 0 amide bonds. The number of aryl methyl sites for hydroxylation is 1. The van der Waals surface area contributed by atoms with E-state index in [9.17, 15) is 0 Å². The molecule has 0 spiro atoms. The molecule has 1 fully saturated rings. The molecule has 0 saturated carbocycles. The zero-order valence-electron chi connectivity index (χ0n) is 15.2. The highest BCUT2D eigenvalue weighted by Crippen LogP contribution is 2.37. The van der Waals surface area contributed by atoms with Gasteiger partial charge in [0, 0.05) is 37.9 Å². The van der Waals surface area contributed by atoms with Gasteiger partial charge < -0.3 is 14.2 Å². The van der Waals surface area contributed by atoms with Crippen LogP contribution >= 0.6 is 22.9 Å². The first kappa shape index (κ1) is 17.7. The van der Waals surface area contributed by atoms with E-state index in [-0.39, 0.29) is 0 Å². The zero-order chi connectivity index (χ0) is 18.3. The number of fused-ring (bicyclic) bond motifs is 1. The number of hydrogen-bond donors (Lipinski definition) is 0. The molecule has 1 unspecified atom stereocenters. The van der Waals surface area contributed by atoms with E-state index in [0.717, 1.165) is 53.8 Å². The van der Waals surface area contributed by atoms with Crippen molar-refractivity contribution in [2.75, 3.05) is 31.2 Å². The van der Waals surface area contributed by atoms with Crippen LogP contribution in [0.1, 0.15) is 31.7 Å². The summed E-state index contributed by atoms with van der Waals surface area (Å²) in [6.45, 7) is 7.53. The highest BCUT2D eigenvalue weighted by atomic mass is 35.5. The van der Waals surface area contributed by atoms with Crippen LogP contribution in [-0.2, 0) is 11.8 Å². The van der Waals surface area contributed by atoms with Gasteiger partial charge in [0.15, 0.2) is 16.1 Å². The maximum Gasteiger partial charge on any atom is 0.187 e. The van der Waals surface area contributed by atoms with Gasteiger partial charge in [-0.2, -0.15) is 0 Å². The normalized spacial score (nSPS) is 16.4. The average Bonchev–Trinajstić information content (AvgIpc) is 3.22. The molecule has 4 heterocycles. The molecule has 0 aromatic carbocycles. The summed E-state index contributed by atoms with van der Waals surface area (Å²) in [4.78, 5) is 16.9. The van der Waals surface area contributed by atoms with Crippen molar-refractivity contribution < 1.29 is 4.74 Å². The molecule has 4 rings (SSSR count). The van der Waals surface area contributed by atoms with Crippen molar-refractivity contribution in [2.24, 2.45) is 7.05 Å². The Morgan fingerprint density at radius 2 is 2.08 bits per heavy atom. The van der Waals surface area contributed by atoms with Crippen molar-refractivity contribution in [1.82, 2.24) is 19.5 Å². The molecule has 0 N–H and O–H groups in total. The molecule has 1 saturated heterocycles. The Morgan fingerprint density at radius 1 is 1.31 bits per heavy atom. The fourth-order valence-corrected chi connectivity index (χ4v) is 4.51. The lowest BCUT2D eigenvalue weighted by Crippen LogP contribution is -2.36. The molecule has 6 nitrogen and oxygen atoms in total. The number of nitrogens with zero attached hydrogens (tertiary/aromatic N) is 5. The Kier molecular flexibility index (Phi) is 4.86. The first-order chi connectivity index (χ1) is 12.6. The first-order valence-corrected chi connectivity index (χ1v) is 10.1. The van der Waals surface area contributed by atoms with Crippen LogP contribution in [0.15, 0.2) is 12.4 Å². The minimum Gasteiger partial charge on any atom is -0.378 e. The number of halogens is 1. The van der Waals surface area contributed by atoms with Crippen LogP contribution in [0.3, 0.4) is 0 Å². The third kappa shape index (κ3) is 3.08. The number of ether oxygens (including phenoxy) is 1. The second-order valence-electron chi connectivity index (χ2n) is 6.65. The lowest BCUT2D eigenvalue weighted by Gasteiger charge is -2.25. The molecule has 3 aromatic heterocycles. The van der Waals surface area contributed by atoms with Crippen LogP contribution in [0.4, 0.5) is 5.13 Å². The summed E-state index contributed by atoms with van der Waals surface area (Å²) in [5.41, 5.74) is 2.23. The predicted molar refractivity (Wildman–Crippen MR) is 106 cm³/mol. The molecule has 138 valence electrons. The topological polar surface area (TPSA) is 56.1 Å². The lowest BCUT2D eigenvalue weighted by molar-refractivity contribution is 0.122. The molecular weight excluding hydrogens is 370 g/mol. The summed E-state index contributed by atoms with van der Waals surface area (Å²) in [7, 11) is 2.03. The lowest BCUT2D eigenvalue weighted by atomic mass is 10.00. The molecule has 1 aliphatic rings. The van der Waals surface area contributed by atoms with Crippen molar-refractivity contribution >= 4 is 39.1 Å². The molecule has 1 atom stereocenters. The fourth-order valence-electron chi connectivity index (χ4n) is 3.23. The van der Waals surface area contributed by atoms with E-state index >= 15 is 0 Å². The van der Waals surface area contributed by atoms with Gasteiger partial charge in [-0.1, -0.05) is 36.8 Å². The summed E-state index contributed by atoms with van der Waals surface area (Å²) in [5.74, 6) is 1.12. The van der Waals surface area contributed by atoms with Crippen LogP contribution in [0, 0.1) is 0 Å². The highest BCUT2D eigenvalue weighted by molar-refractivity contribution is 7.19. The number of anilines is 1. The summed E-state index contributed by atoms with van der Waals surface area (Å²) in [6, 6.07) is 0. The second kappa shape index (κ2) is 7.13. The third-order valence-electron chi connectivity index (χ3n) is 4.95. The smallest absolute Gasteiger partial charge is 0.187 e. The van der Waals surface area contributed by atoms with Crippen LogP contribution in [0.2, 0.25) is 5.15 Å². The van der Waals surface area contributed by atoms with Gasteiger partial charge in [0.2, 0.25) is 0 Å². The van der Waals surface area contributed by atoms with E-state index in [1.165, 1.54) is 5.56 Å². The zero-order valence-corrected chi connectivity index (χ0v) is 16.8. The second-order valence-corrected chi connectivity index (χ2v) is 7.99. The Labute approximate surface area is 161 Å². The van der Waals surface area contributed by atoms with Crippen LogP contribution in [0.5, 0.6) is 0 Å². The van der Waals surface area contributed by atoms with Crippen molar-refractivity contribution in [1.29, 1.82) is 0 Å². The van der Waals surface area contributed by atoms with E-state index in [1.807, 2.05) is 13.2 Å². The molecule has 0 bridgehead atoms. The summed E-state index contributed by atoms with van der Waals surface area (Å²) in [6.07, 6.45) is 5.17. The van der Waals surface area contributed by atoms with Gasteiger partial charge in [0.25, 0.3) is 0 Å². The minimum atomic E-state index is 0.465. The van der Waals surface area contributed by atoms with Gasteiger partial charge in [-0.25, -0.2) is 15.0 Å². The molecule has 26 heavy (non-hydrogen) atoms. The number of hydrogen-bond acceptors (Lipinski definition) is 6. The van der Waals surface area contributed by atoms with E-state index in [2.05, 4.69) is 39.5 Å². The van der Waals surface area contributed by atoms with E-state index in [1.54, 1.807) is 11.3 Å². The Hall–Kier alpha value is -1.70. The maximum absolute atomic E-state index is 6.42. The van der Waals surface area contributed by atoms with Gasteiger partial charge in [-0.15, -0.1) is 0 Å². The Bertz CT molecular complexity index is 931. The van der Waals surface area contributed by atoms with Crippen molar-refractivity contribution in [3.63, 3.8) is 0 Å². The van der Waals surface area contributed by atoms with Crippen molar-refractivity contribution in [2.45, 2.75) is 26.2 Å². The van der Waals surface area contributed by atoms with E-state index < -0.39 is 0 Å². The first-order valence-electron chi connectivity index (χ1n) is 8.89. The maximum atomic E-state index is 6.42.